The molecule has 0 atom stereocenters. The van der Waals surface area contributed by atoms with Crippen LogP contribution in [0.1, 0.15) is 32.0 Å². The second kappa shape index (κ2) is 7.13. The number of benzene rings is 1. The van der Waals surface area contributed by atoms with Crippen molar-refractivity contribution in [3.05, 3.63) is 53.9 Å². The van der Waals surface area contributed by atoms with E-state index < -0.39 is 11.7 Å². The highest BCUT2D eigenvalue weighted by Gasteiger charge is 2.17. The van der Waals surface area contributed by atoms with E-state index in [1.165, 1.54) is 0 Å². The monoisotopic (exact) mass is 313 g/mol. The Balaban J connectivity index is 2.02. The van der Waals surface area contributed by atoms with Crippen LogP contribution in [0.2, 0.25) is 0 Å². The molecule has 0 spiro atoms. The fourth-order valence-electron chi connectivity index (χ4n) is 1.96. The summed E-state index contributed by atoms with van der Waals surface area (Å²) < 4.78 is 5.28. The molecule has 1 aromatic heterocycles. The van der Waals surface area contributed by atoms with Crippen molar-refractivity contribution in [1.82, 2.24) is 4.98 Å². The molecule has 0 radical (unpaired) electrons. The summed E-state index contributed by atoms with van der Waals surface area (Å²) in [5.41, 5.74) is 3.05. The molecule has 122 valence electrons. The first-order chi connectivity index (χ1) is 10.8. The maximum Gasteiger partial charge on any atom is 0.412 e. The van der Waals surface area contributed by atoms with Crippen LogP contribution in [0.15, 0.2) is 42.6 Å². The lowest BCUT2D eigenvalue weighted by Crippen LogP contribution is -2.27. The molecule has 0 aliphatic heterocycles. The highest BCUT2D eigenvalue weighted by Crippen LogP contribution is 2.22. The van der Waals surface area contributed by atoms with Gasteiger partial charge in [-0.3, -0.25) is 10.3 Å². The van der Waals surface area contributed by atoms with Gasteiger partial charge in [0.05, 0.1) is 11.4 Å². The summed E-state index contributed by atoms with van der Waals surface area (Å²) in [4.78, 5) is 16.2. The number of hydrogen-bond donors (Lipinski definition) is 2. The molecule has 0 aliphatic carbocycles. The minimum atomic E-state index is -0.528. The van der Waals surface area contributed by atoms with E-state index in [1.54, 1.807) is 0 Å². The Morgan fingerprint density at radius 1 is 1.13 bits per heavy atom. The molecule has 5 heteroatoms. The van der Waals surface area contributed by atoms with Crippen molar-refractivity contribution in [2.45, 2.75) is 39.8 Å². The Morgan fingerprint density at radius 2 is 1.83 bits per heavy atom. The predicted octanol–water partition coefficient (Wildman–Crippen LogP) is 4.35. The molecular weight excluding hydrogens is 290 g/mol. The minimum absolute atomic E-state index is 0.469. The second-order valence-electron chi connectivity index (χ2n) is 6.33. The number of carbonyl (C=O) groups excluding carboxylic acids is 1. The van der Waals surface area contributed by atoms with Gasteiger partial charge >= 0.3 is 6.09 Å². The molecule has 1 aromatic carbocycles. The van der Waals surface area contributed by atoms with Gasteiger partial charge in [-0.2, -0.15) is 0 Å². The Labute approximate surface area is 137 Å². The molecule has 1 heterocycles. The van der Waals surface area contributed by atoms with E-state index in [1.807, 2.05) is 70.3 Å². The van der Waals surface area contributed by atoms with Crippen molar-refractivity contribution in [3.63, 3.8) is 0 Å². The number of pyridine rings is 1. The number of rotatable bonds is 4. The normalized spacial score (nSPS) is 11.0. The highest BCUT2D eigenvalue weighted by atomic mass is 16.6. The minimum Gasteiger partial charge on any atom is -0.444 e. The number of aromatic nitrogens is 1. The molecule has 0 saturated heterocycles. The van der Waals surface area contributed by atoms with E-state index in [0.717, 1.165) is 16.9 Å². The molecule has 23 heavy (non-hydrogen) atoms. The molecule has 1 amide bonds. The number of para-hydroxylation sites is 2. The average molecular weight is 313 g/mol. The first-order valence-corrected chi connectivity index (χ1v) is 7.58. The van der Waals surface area contributed by atoms with Crippen LogP contribution in [0.4, 0.5) is 16.2 Å². The van der Waals surface area contributed by atoms with Crippen molar-refractivity contribution in [1.29, 1.82) is 0 Å². The lowest BCUT2D eigenvalue weighted by molar-refractivity contribution is 0.0636. The van der Waals surface area contributed by atoms with Gasteiger partial charge in [-0.15, -0.1) is 0 Å². The molecule has 2 rings (SSSR count). The van der Waals surface area contributed by atoms with Gasteiger partial charge in [-0.25, -0.2) is 4.79 Å². The van der Waals surface area contributed by atoms with Gasteiger partial charge in [0, 0.05) is 18.4 Å². The van der Waals surface area contributed by atoms with Gasteiger partial charge < -0.3 is 10.1 Å². The van der Waals surface area contributed by atoms with Crippen LogP contribution in [-0.4, -0.2) is 16.7 Å². The topological polar surface area (TPSA) is 63.2 Å². The van der Waals surface area contributed by atoms with Gasteiger partial charge in [-0.05, 0) is 51.5 Å². The number of aryl methyl sites for hydroxylation is 1. The number of carbonyl (C=O) groups is 1. The largest absolute Gasteiger partial charge is 0.444 e. The first-order valence-electron chi connectivity index (χ1n) is 7.58. The molecule has 0 aliphatic rings. The Kier molecular flexibility index (Phi) is 5.21. The van der Waals surface area contributed by atoms with Crippen molar-refractivity contribution in [2.75, 3.05) is 10.6 Å². The van der Waals surface area contributed by atoms with Crippen LogP contribution in [0.5, 0.6) is 0 Å². The summed E-state index contributed by atoms with van der Waals surface area (Å²) in [6.45, 7) is 8.08. The molecule has 2 aromatic rings. The first kappa shape index (κ1) is 16.8. The molecular formula is C18H23N3O2. The second-order valence-corrected chi connectivity index (χ2v) is 6.33. The maximum atomic E-state index is 11.9. The SMILES string of the molecule is Cc1ccc(CNc2ccccc2NC(=O)OC(C)(C)C)cn1. The summed E-state index contributed by atoms with van der Waals surface area (Å²) in [6, 6.07) is 11.5. The number of anilines is 2. The number of ether oxygens (including phenoxy) is 1. The number of hydrogen-bond acceptors (Lipinski definition) is 4. The van der Waals surface area contributed by atoms with E-state index in [0.29, 0.717) is 12.2 Å². The molecule has 5 nitrogen and oxygen atoms in total. The zero-order chi connectivity index (χ0) is 16.9. The van der Waals surface area contributed by atoms with Gasteiger partial charge in [0.15, 0.2) is 0 Å². The third kappa shape index (κ3) is 5.62. The van der Waals surface area contributed by atoms with E-state index in [-0.39, 0.29) is 0 Å². The smallest absolute Gasteiger partial charge is 0.412 e. The summed E-state index contributed by atoms with van der Waals surface area (Å²) in [5, 5.41) is 6.08. The fraction of sp³-hybridized carbons (Fsp3) is 0.333. The van der Waals surface area contributed by atoms with Crippen LogP contribution in [0.3, 0.4) is 0 Å². The van der Waals surface area contributed by atoms with Crippen LogP contribution in [-0.2, 0) is 11.3 Å². The van der Waals surface area contributed by atoms with Crippen LogP contribution in [0, 0.1) is 6.92 Å². The number of amides is 1. The van der Waals surface area contributed by atoms with Crippen molar-refractivity contribution < 1.29 is 9.53 Å². The molecule has 0 unspecified atom stereocenters. The molecule has 0 saturated carbocycles. The average Bonchev–Trinajstić information content (AvgIpc) is 2.46. The number of nitrogens with one attached hydrogen (secondary N) is 2. The van der Waals surface area contributed by atoms with E-state index in [9.17, 15) is 4.79 Å². The third-order valence-corrected chi connectivity index (χ3v) is 3.02. The molecule has 0 fully saturated rings. The summed E-state index contributed by atoms with van der Waals surface area (Å²) in [7, 11) is 0. The zero-order valence-corrected chi connectivity index (χ0v) is 14.0. The Morgan fingerprint density at radius 3 is 2.43 bits per heavy atom. The van der Waals surface area contributed by atoms with Crippen molar-refractivity contribution in [3.8, 4) is 0 Å². The summed E-state index contributed by atoms with van der Waals surface area (Å²) in [5.74, 6) is 0. The summed E-state index contributed by atoms with van der Waals surface area (Å²) >= 11 is 0. The Hall–Kier alpha value is -2.56. The highest BCUT2D eigenvalue weighted by molar-refractivity contribution is 5.89. The predicted molar refractivity (Wildman–Crippen MR) is 92.6 cm³/mol. The van der Waals surface area contributed by atoms with E-state index in [2.05, 4.69) is 15.6 Å². The standard InChI is InChI=1S/C18H23N3O2/c1-13-9-10-14(11-19-13)12-20-15-7-5-6-8-16(15)21-17(22)23-18(2,3)4/h5-11,20H,12H2,1-4H3,(H,21,22). The van der Waals surface area contributed by atoms with Gasteiger partial charge in [0.1, 0.15) is 5.60 Å². The van der Waals surface area contributed by atoms with Crippen molar-refractivity contribution >= 4 is 17.5 Å². The van der Waals surface area contributed by atoms with Gasteiger partial charge in [0.2, 0.25) is 0 Å². The van der Waals surface area contributed by atoms with Crippen LogP contribution in [0.25, 0.3) is 0 Å². The summed E-state index contributed by atoms with van der Waals surface area (Å²) in [6.07, 6.45) is 1.37. The van der Waals surface area contributed by atoms with E-state index >= 15 is 0 Å². The molecule has 2 N–H and O–H groups in total. The van der Waals surface area contributed by atoms with Gasteiger partial charge in [-0.1, -0.05) is 18.2 Å². The maximum absolute atomic E-state index is 11.9. The van der Waals surface area contributed by atoms with Crippen LogP contribution < -0.4 is 10.6 Å². The fourth-order valence-corrected chi connectivity index (χ4v) is 1.96. The van der Waals surface area contributed by atoms with Crippen LogP contribution >= 0.6 is 0 Å². The van der Waals surface area contributed by atoms with Crippen molar-refractivity contribution in [2.24, 2.45) is 0 Å². The van der Waals surface area contributed by atoms with E-state index in [4.69, 9.17) is 4.74 Å². The third-order valence-electron chi connectivity index (χ3n) is 3.02. The quantitative estimate of drug-likeness (QED) is 0.881. The lowest BCUT2D eigenvalue weighted by atomic mass is 10.2. The zero-order valence-electron chi connectivity index (χ0n) is 14.0. The Bertz CT molecular complexity index is 661. The lowest BCUT2D eigenvalue weighted by Gasteiger charge is -2.20. The van der Waals surface area contributed by atoms with Gasteiger partial charge in [0.25, 0.3) is 0 Å². The number of nitrogens with zero attached hydrogens (tertiary/aromatic N) is 1. The molecule has 0 bridgehead atoms.